The van der Waals surface area contributed by atoms with Crippen LogP contribution in [0, 0.1) is 0 Å². The van der Waals surface area contributed by atoms with Crippen LogP contribution in [0.4, 0.5) is 10.5 Å². The van der Waals surface area contributed by atoms with E-state index in [4.69, 9.17) is 0 Å². The van der Waals surface area contributed by atoms with Crippen molar-refractivity contribution in [3.63, 3.8) is 0 Å². The third kappa shape index (κ3) is 4.35. The molecule has 130 valence electrons. The molecule has 0 aliphatic carbocycles. The molecule has 0 aliphatic heterocycles. The van der Waals surface area contributed by atoms with Crippen LogP contribution in [0.15, 0.2) is 36.7 Å². The second-order valence-electron chi connectivity index (χ2n) is 6.83. The number of aryl methyl sites for hydroxylation is 1. The molecule has 0 bridgehead atoms. The van der Waals surface area contributed by atoms with E-state index < -0.39 is 0 Å². The number of aromatic nitrogens is 2. The van der Waals surface area contributed by atoms with Gasteiger partial charge in [0, 0.05) is 31.7 Å². The smallest absolute Gasteiger partial charge is 0.322 e. The fourth-order valence-corrected chi connectivity index (χ4v) is 2.53. The van der Waals surface area contributed by atoms with Crippen molar-refractivity contribution < 1.29 is 9.90 Å². The lowest BCUT2D eigenvalue weighted by atomic mass is 9.86. The maximum Gasteiger partial charge on any atom is 0.322 e. The van der Waals surface area contributed by atoms with Gasteiger partial charge in [-0.05, 0) is 17.0 Å². The molecule has 2 rings (SSSR count). The summed E-state index contributed by atoms with van der Waals surface area (Å²) in [6.07, 6.45) is 3.53. The Bertz CT molecular complexity index is 688. The largest absolute Gasteiger partial charge is 0.395 e. The standard InChI is InChI=1S/C18H26N4O2/c1-18(2,3)14-7-5-6-8-15(14)20-17(24)22(11-12-23)13-16-19-9-10-21(16)4/h5-10,23H,11-13H2,1-4H3,(H,20,24). The number of carbonyl (C=O) groups excluding carboxylic acids is 1. The molecule has 0 saturated carbocycles. The number of imidazole rings is 1. The summed E-state index contributed by atoms with van der Waals surface area (Å²) in [5, 5.41) is 12.3. The van der Waals surface area contributed by atoms with Gasteiger partial charge in [-0.3, -0.25) is 0 Å². The zero-order chi connectivity index (χ0) is 17.7. The summed E-state index contributed by atoms with van der Waals surface area (Å²) in [6.45, 7) is 6.81. The number of urea groups is 1. The van der Waals surface area contributed by atoms with Gasteiger partial charge < -0.3 is 19.9 Å². The summed E-state index contributed by atoms with van der Waals surface area (Å²) in [7, 11) is 1.88. The molecule has 1 aromatic carbocycles. The van der Waals surface area contributed by atoms with Gasteiger partial charge in [0.15, 0.2) is 0 Å². The van der Waals surface area contributed by atoms with Crippen molar-refractivity contribution in [2.45, 2.75) is 32.7 Å². The summed E-state index contributed by atoms with van der Waals surface area (Å²) in [5.74, 6) is 0.766. The van der Waals surface area contributed by atoms with Gasteiger partial charge in [0.25, 0.3) is 0 Å². The number of nitrogens with one attached hydrogen (secondary N) is 1. The highest BCUT2D eigenvalue weighted by Crippen LogP contribution is 2.29. The highest BCUT2D eigenvalue weighted by Gasteiger charge is 2.21. The molecule has 2 amide bonds. The minimum absolute atomic E-state index is 0.0780. The Kier molecular flexibility index (Phi) is 5.62. The molecule has 6 nitrogen and oxygen atoms in total. The first kappa shape index (κ1) is 18.0. The van der Waals surface area contributed by atoms with Crippen LogP contribution in [0.2, 0.25) is 0 Å². The second-order valence-corrected chi connectivity index (χ2v) is 6.83. The van der Waals surface area contributed by atoms with E-state index in [2.05, 4.69) is 31.1 Å². The monoisotopic (exact) mass is 330 g/mol. The van der Waals surface area contributed by atoms with Crippen LogP contribution in [0.1, 0.15) is 32.2 Å². The first-order valence-electron chi connectivity index (χ1n) is 8.05. The topological polar surface area (TPSA) is 70.4 Å². The van der Waals surface area contributed by atoms with Gasteiger partial charge in [-0.25, -0.2) is 9.78 Å². The van der Waals surface area contributed by atoms with E-state index in [1.54, 1.807) is 11.1 Å². The predicted octanol–water partition coefficient (Wildman–Crippen LogP) is 2.74. The zero-order valence-electron chi connectivity index (χ0n) is 14.8. The first-order valence-corrected chi connectivity index (χ1v) is 8.05. The summed E-state index contributed by atoms with van der Waals surface area (Å²) in [4.78, 5) is 18.5. The third-order valence-electron chi connectivity index (χ3n) is 3.89. The van der Waals surface area contributed by atoms with Crippen molar-refractivity contribution >= 4 is 11.7 Å². The lowest BCUT2D eigenvalue weighted by molar-refractivity contribution is 0.183. The number of benzene rings is 1. The third-order valence-corrected chi connectivity index (χ3v) is 3.89. The van der Waals surface area contributed by atoms with Gasteiger partial charge in [0.05, 0.1) is 13.2 Å². The number of aliphatic hydroxyl groups excluding tert-OH is 1. The molecule has 0 radical (unpaired) electrons. The van der Waals surface area contributed by atoms with Crippen LogP contribution in [0.3, 0.4) is 0 Å². The highest BCUT2D eigenvalue weighted by molar-refractivity contribution is 5.90. The average molecular weight is 330 g/mol. The van der Waals surface area contributed by atoms with Crippen molar-refractivity contribution in [1.82, 2.24) is 14.5 Å². The maximum absolute atomic E-state index is 12.7. The van der Waals surface area contributed by atoms with Gasteiger partial charge in [0.1, 0.15) is 5.82 Å². The van der Waals surface area contributed by atoms with E-state index in [0.717, 1.165) is 17.1 Å². The Labute approximate surface area is 143 Å². The zero-order valence-corrected chi connectivity index (χ0v) is 14.8. The van der Waals surface area contributed by atoms with E-state index in [9.17, 15) is 9.90 Å². The van der Waals surface area contributed by atoms with E-state index in [1.165, 1.54) is 0 Å². The van der Waals surface area contributed by atoms with E-state index >= 15 is 0 Å². The summed E-state index contributed by atoms with van der Waals surface area (Å²) in [6, 6.07) is 7.54. The molecular weight excluding hydrogens is 304 g/mol. The van der Waals surface area contributed by atoms with Crippen molar-refractivity contribution in [3.05, 3.63) is 48.0 Å². The molecule has 0 atom stereocenters. The molecule has 2 N–H and O–H groups in total. The average Bonchev–Trinajstić information content (AvgIpc) is 2.91. The molecule has 2 aromatic rings. The molecule has 24 heavy (non-hydrogen) atoms. The van der Waals surface area contributed by atoms with Gasteiger partial charge in [-0.2, -0.15) is 0 Å². The Morgan fingerprint density at radius 1 is 1.33 bits per heavy atom. The molecule has 1 aromatic heterocycles. The lowest BCUT2D eigenvalue weighted by Gasteiger charge is -2.26. The maximum atomic E-state index is 12.7. The number of rotatable bonds is 5. The predicted molar refractivity (Wildman–Crippen MR) is 94.9 cm³/mol. The Balaban J connectivity index is 2.18. The number of amides is 2. The first-order chi connectivity index (χ1) is 11.3. The van der Waals surface area contributed by atoms with Gasteiger partial charge in [-0.15, -0.1) is 0 Å². The number of aliphatic hydroxyl groups is 1. The van der Waals surface area contributed by atoms with Crippen molar-refractivity contribution in [2.24, 2.45) is 7.05 Å². The van der Waals surface area contributed by atoms with E-state index in [-0.39, 0.29) is 24.6 Å². The molecule has 0 aliphatic rings. The molecule has 0 unspecified atom stereocenters. The molecular formula is C18H26N4O2. The normalized spacial score (nSPS) is 11.4. The molecule has 6 heteroatoms. The highest BCUT2D eigenvalue weighted by atomic mass is 16.3. The number of carbonyl (C=O) groups is 1. The molecule has 0 spiro atoms. The number of nitrogens with zero attached hydrogens (tertiary/aromatic N) is 3. The summed E-state index contributed by atoms with van der Waals surface area (Å²) >= 11 is 0. The van der Waals surface area contributed by atoms with Crippen LogP contribution in [-0.4, -0.2) is 38.7 Å². The fraction of sp³-hybridized carbons (Fsp3) is 0.444. The summed E-state index contributed by atoms with van der Waals surface area (Å²) < 4.78 is 1.86. The molecule has 0 saturated heterocycles. The van der Waals surface area contributed by atoms with Crippen molar-refractivity contribution in [3.8, 4) is 0 Å². The Morgan fingerprint density at radius 3 is 2.62 bits per heavy atom. The quantitative estimate of drug-likeness (QED) is 0.885. The number of hydrogen-bond acceptors (Lipinski definition) is 3. The lowest BCUT2D eigenvalue weighted by Crippen LogP contribution is -2.37. The van der Waals surface area contributed by atoms with Crippen LogP contribution >= 0.6 is 0 Å². The van der Waals surface area contributed by atoms with E-state index in [1.807, 2.05) is 42.1 Å². The fourth-order valence-electron chi connectivity index (χ4n) is 2.53. The molecule has 0 fully saturated rings. The van der Waals surface area contributed by atoms with Gasteiger partial charge >= 0.3 is 6.03 Å². The van der Waals surface area contributed by atoms with Crippen molar-refractivity contribution in [1.29, 1.82) is 0 Å². The van der Waals surface area contributed by atoms with Crippen LogP contribution in [-0.2, 0) is 19.0 Å². The summed E-state index contributed by atoms with van der Waals surface area (Å²) in [5.41, 5.74) is 1.78. The van der Waals surface area contributed by atoms with Crippen LogP contribution in [0.5, 0.6) is 0 Å². The van der Waals surface area contributed by atoms with Gasteiger partial charge in [-0.1, -0.05) is 39.0 Å². The number of anilines is 1. The van der Waals surface area contributed by atoms with Crippen LogP contribution in [0.25, 0.3) is 0 Å². The van der Waals surface area contributed by atoms with Crippen molar-refractivity contribution in [2.75, 3.05) is 18.5 Å². The van der Waals surface area contributed by atoms with Crippen LogP contribution < -0.4 is 5.32 Å². The SMILES string of the molecule is Cn1ccnc1CN(CCO)C(=O)Nc1ccccc1C(C)(C)C. The minimum atomic E-state index is -0.247. The Morgan fingerprint density at radius 2 is 2.04 bits per heavy atom. The Hall–Kier alpha value is -2.34. The minimum Gasteiger partial charge on any atom is -0.395 e. The van der Waals surface area contributed by atoms with Gasteiger partial charge in [0.2, 0.25) is 0 Å². The number of para-hydroxylation sites is 1. The molecule has 1 heterocycles. The van der Waals surface area contributed by atoms with E-state index in [0.29, 0.717) is 6.54 Å². The number of hydrogen-bond donors (Lipinski definition) is 2. The second kappa shape index (κ2) is 7.49.